The Labute approximate surface area is 117 Å². The first-order chi connectivity index (χ1) is 9.13. The minimum absolute atomic E-state index is 0.152. The largest absolute Gasteiger partial charge is 0.382 e. The van der Waals surface area contributed by atoms with Gasteiger partial charge in [0.25, 0.3) is 0 Å². The van der Waals surface area contributed by atoms with Crippen molar-refractivity contribution >= 4 is 5.91 Å². The Morgan fingerprint density at radius 1 is 1.42 bits per heavy atom. The van der Waals surface area contributed by atoms with E-state index >= 15 is 0 Å². The second-order valence-corrected chi connectivity index (χ2v) is 5.61. The number of ether oxygens (including phenoxy) is 1. The molecule has 1 saturated carbocycles. The Hall–Kier alpha value is -0.610. The van der Waals surface area contributed by atoms with Crippen molar-refractivity contribution in [1.82, 2.24) is 4.90 Å². The Balaban J connectivity index is 2.56. The molecule has 1 fully saturated rings. The van der Waals surface area contributed by atoms with Crippen LogP contribution in [0, 0.1) is 5.92 Å². The van der Waals surface area contributed by atoms with Gasteiger partial charge in [-0.05, 0) is 45.6 Å². The predicted octanol–water partition coefficient (Wildman–Crippen LogP) is 2.17. The van der Waals surface area contributed by atoms with Crippen LogP contribution in [0.1, 0.15) is 52.4 Å². The molecule has 3 unspecified atom stereocenters. The van der Waals surface area contributed by atoms with Crippen molar-refractivity contribution in [2.45, 2.75) is 64.5 Å². The second-order valence-electron chi connectivity index (χ2n) is 5.61. The third kappa shape index (κ3) is 4.77. The molecule has 3 atom stereocenters. The Morgan fingerprint density at radius 2 is 2.11 bits per heavy atom. The van der Waals surface area contributed by atoms with Gasteiger partial charge < -0.3 is 15.4 Å². The summed E-state index contributed by atoms with van der Waals surface area (Å²) in [6.07, 6.45) is 6.28. The summed E-state index contributed by atoms with van der Waals surface area (Å²) >= 11 is 0. The lowest BCUT2D eigenvalue weighted by Crippen LogP contribution is -2.48. The lowest BCUT2D eigenvalue weighted by molar-refractivity contribution is -0.135. The van der Waals surface area contributed by atoms with E-state index in [0.29, 0.717) is 24.9 Å². The topological polar surface area (TPSA) is 55.6 Å². The first-order valence-corrected chi connectivity index (χ1v) is 7.66. The highest BCUT2D eigenvalue weighted by molar-refractivity contribution is 5.76. The van der Waals surface area contributed by atoms with Crippen LogP contribution in [-0.2, 0) is 9.53 Å². The fraction of sp³-hybridized carbons (Fsp3) is 0.933. The van der Waals surface area contributed by atoms with Gasteiger partial charge in [-0.2, -0.15) is 0 Å². The van der Waals surface area contributed by atoms with Crippen LogP contribution in [0.5, 0.6) is 0 Å². The molecular formula is C15H30N2O2. The van der Waals surface area contributed by atoms with Gasteiger partial charge in [0.15, 0.2) is 0 Å². The zero-order chi connectivity index (χ0) is 14.3. The van der Waals surface area contributed by atoms with E-state index in [1.807, 2.05) is 6.92 Å². The van der Waals surface area contributed by atoms with Crippen molar-refractivity contribution in [2.24, 2.45) is 11.7 Å². The summed E-state index contributed by atoms with van der Waals surface area (Å²) in [5.41, 5.74) is 5.87. The van der Waals surface area contributed by atoms with Crippen LogP contribution >= 0.6 is 0 Å². The summed E-state index contributed by atoms with van der Waals surface area (Å²) in [6, 6.07) is 0.356. The van der Waals surface area contributed by atoms with Crippen LogP contribution in [-0.4, -0.2) is 43.2 Å². The van der Waals surface area contributed by atoms with Crippen molar-refractivity contribution in [2.75, 3.05) is 20.2 Å². The molecule has 0 aromatic rings. The first-order valence-electron chi connectivity index (χ1n) is 7.66. The van der Waals surface area contributed by atoms with Gasteiger partial charge in [-0.15, -0.1) is 0 Å². The van der Waals surface area contributed by atoms with Gasteiger partial charge >= 0.3 is 0 Å². The van der Waals surface area contributed by atoms with Crippen LogP contribution in [0.4, 0.5) is 0 Å². The summed E-state index contributed by atoms with van der Waals surface area (Å²) in [5.74, 6) is 0.745. The van der Waals surface area contributed by atoms with E-state index in [9.17, 15) is 4.79 Å². The third-order valence-electron chi connectivity index (χ3n) is 4.40. The number of methoxy groups -OCH3 is 1. The molecule has 19 heavy (non-hydrogen) atoms. The van der Waals surface area contributed by atoms with Gasteiger partial charge in [-0.3, -0.25) is 4.79 Å². The quantitative estimate of drug-likeness (QED) is 0.771. The molecule has 0 aromatic heterocycles. The average Bonchev–Trinajstić information content (AvgIpc) is 2.46. The van der Waals surface area contributed by atoms with Crippen molar-refractivity contribution in [1.29, 1.82) is 0 Å². The van der Waals surface area contributed by atoms with Crippen LogP contribution in [0.3, 0.4) is 0 Å². The van der Waals surface area contributed by atoms with Gasteiger partial charge in [0.2, 0.25) is 5.91 Å². The summed E-state index contributed by atoms with van der Waals surface area (Å²) in [7, 11) is 1.69. The number of hydrogen-bond acceptors (Lipinski definition) is 3. The Bertz CT molecular complexity index is 271. The summed E-state index contributed by atoms with van der Waals surface area (Å²) < 4.78 is 5.21. The highest BCUT2D eigenvalue weighted by Crippen LogP contribution is 2.28. The maximum atomic E-state index is 12.4. The molecule has 1 aliphatic carbocycles. The summed E-state index contributed by atoms with van der Waals surface area (Å²) in [4.78, 5) is 14.4. The van der Waals surface area contributed by atoms with Gasteiger partial charge in [-0.1, -0.05) is 12.8 Å². The molecule has 4 nitrogen and oxygen atoms in total. The van der Waals surface area contributed by atoms with Crippen molar-refractivity contribution < 1.29 is 9.53 Å². The summed E-state index contributed by atoms with van der Waals surface area (Å²) in [6.45, 7) is 5.57. The van der Waals surface area contributed by atoms with E-state index in [2.05, 4.69) is 11.8 Å². The Morgan fingerprint density at radius 3 is 2.68 bits per heavy atom. The highest BCUT2D eigenvalue weighted by atomic mass is 16.5. The zero-order valence-electron chi connectivity index (χ0n) is 12.7. The van der Waals surface area contributed by atoms with E-state index in [4.69, 9.17) is 10.5 Å². The Kier molecular flexibility index (Phi) is 7.39. The first kappa shape index (κ1) is 16.4. The number of nitrogens with zero attached hydrogens (tertiary/aromatic N) is 1. The SMILES string of the molecule is CCN(C(=O)CCC(C)OC)C1CCCCC1CN. The van der Waals surface area contributed by atoms with E-state index in [1.54, 1.807) is 7.11 Å². The van der Waals surface area contributed by atoms with Gasteiger partial charge in [0, 0.05) is 26.1 Å². The van der Waals surface area contributed by atoms with Crippen molar-refractivity contribution in [3.63, 3.8) is 0 Å². The molecule has 112 valence electrons. The lowest BCUT2D eigenvalue weighted by Gasteiger charge is -2.39. The minimum Gasteiger partial charge on any atom is -0.382 e. The molecule has 0 aliphatic heterocycles. The number of rotatable bonds is 7. The smallest absolute Gasteiger partial charge is 0.222 e. The maximum Gasteiger partial charge on any atom is 0.222 e. The number of amides is 1. The molecule has 0 aromatic carbocycles. The zero-order valence-corrected chi connectivity index (χ0v) is 12.7. The van der Waals surface area contributed by atoms with E-state index in [0.717, 1.165) is 19.4 Å². The van der Waals surface area contributed by atoms with Crippen molar-refractivity contribution in [3.05, 3.63) is 0 Å². The number of carbonyl (C=O) groups excluding carboxylic acids is 1. The van der Waals surface area contributed by atoms with Crippen LogP contribution in [0.15, 0.2) is 0 Å². The maximum absolute atomic E-state index is 12.4. The third-order valence-corrected chi connectivity index (χ3v) is 4.40. The van der Waals surface area contributed by atoms with Gasteiger partial charge in [0.05, 0.1) is 6.10 Å². The highest BCUT2D eigenvalue weighted by Gasteiger charge is 2.31. The number of carbonyl (C=O) groups is 1. The van der Waals surface area contributed by atoms with Crippen molar-refractivity contribution in [3.8, 4) is 0 Å². The van der Waals surface area contributed by atoms with Crippen LogP contribution < -0.4 is 5.73 Å². The normalized spacial score (nSPS) is 25.1. The second kappa shape index (κ2) is 8.54. The molecular weight excluding hydrogens is 240 g/mol. The molecule has 0 saturated heterocycles. The number of hydrogen-bond donors (Lipinski definition) is 1. The molecule has 1 amide bonds. The standard InChI is InChI=1S/C15H30N2O2/c1-4-17(15(18)10-9-12(2)19-3)14-8-6-5-7-13(14)11-16/h12-14H,4-11,16H2,1-3H3. The predicted molar refractivity (Wildman–Crippen MR) is 77.9 cm³/mol. The molecule has 0 spiro atoms. The fourth-order valence-electron chi connectivity index (χ4n) is 3.06. The molecule has 1 rings (SSSR count). The molecule has 0 radical (unpaired) electrons. The monoisotopic (exact) mass is 270 g/mol. The van der Waals surface area contributed by atoms with Crippen LogP contribution in [0.25, 0.3) is 0 Å². The van der Waals surface area contributed by atoms with Gasteiger partial charge in [0.1, 0.15) is 0 Å². The summed E-state index contributed by atoms with van der Waals surface area (Å²) in [5, 5.41) is 0. The molecule has 1 aliphatic rings. The average molecular weight is 270 g/mol. The lowest BCUT2D eigenvalue weighted by atomic mass is 9.83. The van der Waals surface area contributed by atoms with E-state index < -0.39 is 0 Å². The van der Waals surface area contributed by atoms with E-state index in [1.165, 1.54) is 19.3 Å². The van der Waals surface area contributed by atoms with Crippen LogP contribution in [0.2, 0.25) is 0 Å². The molecule has 4 heteroatoms. The number of nitrogens with two attached hydrogens (primary N) is 1. The molecule has 2 N–H and O–H groups in total. The fourth-order valence-corrected chi connectivity index (χ4v) is 3.06. The van der Waals surface area contributed by atoms with E-state index in [-0.39, 0.29) is 12.0 Å². The minimum atomic E-state index is 0.152. The molecule has 0 heterocycles. The van der Waals surface area contributed by atoms with Gasteiger partial charge in [-0.25, -0.2) is 0 Å². The molecule has 0 bridgehead atoms.